The van der Waals surface area contributed by atoms with Crippen LogP contribution in [0.2, 0.25) is 0 Å². The topological polar surface area (TPSA) is 42.2 Å². The first-order valence-corrected chi connectivity index (χ1v) is 6.40. The monoisotopic (exact) mass is 243 g/mol. The SMILES string of the molecule is CCC1(CC)CCN(c2nnc(CCl)o2)C1. The molecule has 1 fully saturated rings. The summed E-state index contributed by atoms with van der Waals surface area (Å²) in [5.74, 6) is 0.787. The molecule has 4 nitrogen and oxygen atoms in total. The first kappa shape index (κ1) is 11.7. The summed E-state index contributed by atoms with van der Waals surface area (Å²) >= 11 is 5.64. The Balaban J connectivity index is 2.08. The average molecular weight is 244 g/mol. The zero-order chi connectivity index (χ0) is 11.6. The lowest BCUT2D eigenvalue weighted by Gasteiger charge is -2.25. The van der Waals surface area contributed by atoms with Crippen molar-refractivity contribution in [2.45, 2.75) is 39.0 Å². The predicted molar refractivity (Wildman–Crippen MR) is 63.7 cm³/mol. The summed E-state index contributed by atoms with van der Waals surface area (Å²) < 4.78 is 5.47. The number of anilines is 1. The van der Waals surface area contributed by atoms with Crippen LogP contribution in [0.5, 0.6) is 0 Å². The van der Waals surface area contributed by atoms with E-state index in [4.69, 9.17) is 16.0 Å². The van der Waals surface area contributed by atoms with Gasteiger partial charge >= 0.3 is 6.01 Å². The van der Waals surface area contributed by atoms with Crippen LogP contribution in [0.3, 0.4) is 0 Å². The van der Waals surface area contributed by atoms with Crippen LogP contribution in [0.25, 0.3) is 0 Å². The lowest BCUT2D eigenvalue weighted by molar-refractivity contribution is 0.300. The summed E-state index contributed by atoms with van der Waals surface area (Å²) in [5.41, 5.74) is 0.426. The molecule has 1 aromatic rings. The van der Waals surface area contributed by atoms with Crippen molar-refractivity contribution in [3.8, 4) is 0 Å². The molecule has 2 rings (SSSR count). The van der Waals surface area contributed by atoms with E-state index in [0.717, 1.165) is 13.1 Å². The van der Waals surface area contributed by atoms with Gasteiger partial charge < -0.3 is 9.32 Å². The Morgan fingerprint density at radius 3 is 2.62 bits per heavy atom. The Bertz CT molecular complexity index is 349. The second-order valence-electron chi connectivity index (χ2n) is 4.49. The van der Waals surface area contributed by atoms with Gasteiger partial charge in [-0.1, -0.05) is 18.9 Å². The van der Waals surface area contributed by atoms with E-state index in [2.05, 4.69) is 28.9 Å². The summed E-state index contributed by atoms with van der Waals surface area (Å²) in [4.78, 5) is 2.18. The van der Waals surface area contributed by atoms with E-state index < -0.39 is 0 Å². The van der Waals surface area contributed by atoms with Gasteiger partial charge in [0.05, 0.1) is 0 Å². The maximum absolute atomic E-state index is 5.64. The van der Waals surface area contributed by atoms with Crippen molar-refractivity contribution < 1.29 is 4.42 Å². The zero-order valence-electron chi connectivity index (χ0n) is 9.87. The second kappa shape index (κ2) is 4.62. The van der Waals surface area contributed by atoms with E-state index in [0.29, 0.717) is 17.3 Å². The summed E-state index contributed by atoms with van der Waals surface area (Å²) in [6, 6.07) is 0.624. The third-order valence-corrected chi connectivity index (χ3v) is 4.01. The van der Waals surface area contributed by atoms with Crippen molar-refractivity contribution in [2.75, 3.05) is 18.0 Å². The lowest BCUT2D eigenvalue weighted by Crippen LogP contribution is -2.26. The zero-order valence-corrected chi connectivity index (χ0v) is 10.6. The summed E-state index contributed by atoms with van der Waals surface area (Å²) in [5, 5.41) is 7.92. The Kier molecular flexibility index (Phi) is 3.38. The van der Waals surface area contributed by atoms with Gasteiger partial charge in [0.2, 0.25) is 5.89 Å². The van der Waals surface area contributed by atoms with Crippen molar-refractivity contribution >= 4 is 17.6 Å². The number of alkyl halides is 1. The van der Waals surface area contributed by atoms with Gasteiger partial charge in [0.25, 0.3) is 0 Å². The highest BCUT2D eigenvalue weighted by Gasteiger charge is 2.36. The highest BCUT2D eigenvalue weighted by molar-refractivity contribution is 6.16. The largest absolute Gasteiger partial charge is 0.407 e. The fourth-order valence-electron chi connectivity index (χ4n) is 2.35. The maximum atomic E-state index is 5.64. The number of rotatable bonds is 4. The van der Waals surface area contributed by atoms with Gasteiger partial charge in [0.1, 0.15) is 5.88 Å². The molecule has 1 aliphatic heterocycles. The molecule has 5 heteroatoms. The van der Waals surface area contributed by atoms with E-state index in [1.165, 1.54) is 19.3 Å². The van der Waals surface area contributed by atoms with Crippen LogP contribution >= 0.6 is 11.6 Å². The highest BCUT2D eigenvalue weighted by Crippen LogP contribution is 2.38. The molecular weight excluding hydrogens is 226 g/mol. The number of hydrogen-bond donors (Lipinski definition) is 0. The Morgan fingerprint density at radius 1 is 1.38 bits per heavy atom. The molecule has 0 radical (unpaired) electrons. The Hall–Kier alpha value is -0.770. The minimum atomic E-state index is 0.285. The molecule has 0 bridgehead atoms. The highest BCUT2D eigenvalue weighted by atomic mass is 35.5. The minimum absolute atomic E-state index is 0.285. The molecule has 1 aromatic heterocycles. The van der Waals surface area contributed by atoms with Crippen LogP contribution in [0.15, 0.2) is 4.42 Å². The fourth-order valence-corrected chi connectivity index (χ4v) is 2.46. The van der Waals surface area contributed by atoms with Gasteiger partial charge in [0, 0.05) is 13.1 Å². The van der Waals surface area contributed by atoms with Gasteiger partial charge in [-0.25, -0.2) is 0 Å². The first-order chi connectivity index (χ1) is 7.73. The van der Waals surface area contributed by atoms with Crippen LogP contribution in [0.1, 0.15) is 39.0 Å². The van der Waals surface area contributed by atoms with Gasteiger partial charge in [-0.2, -0.15) is 0 Å². The van der Waals surface area contributed by atoms with Gasteiger partial charge in [0.15, 0.2) is 0 Å². The lowest BCUT2D eigenvalue weighted by atomic mass is 9.82. The van der Waals surface area contributed by atoms with Crippen molar-refractivity contribution in [3.05, 3.63) is 5.89 Å². The van der Waals surface area contributed by atoms with Crippen LogP contribution in [0, 0.1) is 5.41 Å². The van der Waals surface area contributed by atoms with Gasteiger partial charge in [-0.3, -0.25) is 0 Å². The quantitative estimate of drug-likeness (QED) is 0.763. The second-order valence-corrected chi connectivity index (χ2v) is 4.76. The maximum Gasteiger partial charge on any atom is 0.318 e. The van der Waals surface area contributed by atoms with E-state index in [-0.39, 0.29) is 5.88 Å². The van der Waals surface area contributed by atoms with Crippen molar-refractivity contribution in [3.63, 3.8) is 0 Å². The van der Waals surface area contributed by atoms with Crippen molar-refractivity contribution in [1.82, 2.24) is 10.2 Å². The van der Waals surface area contributed by atoms with E-state index >= 15 is 0 Å². The van der Waals surface area contributed by atoms with Crippen LogP contribution in [-0.4, -0.2) is 23.3 Å². The third kappa shape index (κ3) is 2.03. The predicted octanol–water partition coefficient (Wildman–Crippen LogP) is 2.82. The minimum Gasteiger partial charge on any atom is -0.407 e. The molecule has 0 saturated carbocycles. The summed E-state index contributed by atoms with van der Waals surface area (Å²) in [6.45, 7) is 6.53. The van der Waals surface area contributed by atoms with Crippen molar-refractivity contribution in [2.24, 2.45) is 5.41 Å². The molecule has 1 aliphatic rings. The number of nitrogens with zero attached hydrogens (tertiary/aromatic N) is 3. The molecule has 0 aromatic carbocycles. The fraction of sp³-hybridized carbons (Fsp3) is 0.818. The molecule has 0 N–H and O–H groups in total. The molecular formula is C11H18ClN3O. The van der Waals surface area contributed by atoms with E-state index in [9.17, 15) is 0 Å². The van der Waals surface area contributed by atoms with Crippen LogP contribution < -0.4 is 4.90 Å². The smallest absolute Gasteiger partial charge is 0.318 e. The van der Waals surface area contributed by atoms with Gasteiger partial charge in [-0.05, 0) is 24.7 Å². The molecule has 0 amide bonds. The average Bonchev–Trinajstić information content (AvgIpc) is 2.96. The van der Waals surface area contributed by atoms with Gasteiger partial charge in [-0.15, -0.1) is 16.7 Å². The van der Waals surface area contributed by atoms with E-state index in [1.807, 2.05) is 0 Å². The third-order valence-electron chi connectivity index (χ3n) is 3.78. The first-order valence-electron chi connectivity index (χ1n) is 5.86. The molecule has 2 heterocycles. The number of halogens is 1. The number of aromatic nitrogens is 2. The Morgan fingerprint density at radius 2 is 2.12 bits per heavy atom. The van der Waals surface area contributed by atoms with E-state index in [1.54, 1.807) is 0 Å². The molecule has 0 atom stereocenters. The van der Waals surface area contributed by atoms with Crippen molar-refractivity contribution in [1.29, 1.82) is 0 Å². The molecule has 90 valence electrons. The van der Waals surface area contributed by atoms with Crippen LogP contribution in [0.4, 0.5) is 6.01 Å². The molecule has 16 heavy (non-hydrogen) atoms. The molecule has 0 aliphatic carbocycles. The summed E-state index contributed by atoms with van der Waals surface area (Å²) in [6.07, 6.45) is 3.62. The summed E-state index contributed by atoms with van der Waals surface area (Å²) in [7, 11) is 0. The molecule has 0 spiro atoms. The Labute approximate surface area is 101 Å². The molecule has 0 unspecified atom stereocenters. The normalized spacial score (nSPS) is 19.3. The standard InChI is InChI=1S/C11H18ClN3O/c1-3-11(4-2)5-6-15(8-11)10-14-13-9(7-12)16-10/h3-8H2,1-2H3. The molecule has 1 saturated heterocycles. The number of hydrogen-bond acceptors (Lipinski definition) is 4. The van der Waals surface area contributed by atoms with Crippen LogP contribution in [-0.2, 0) is 5.88 Å².